The number of carbonyl (C=O) groups is 1. The number of aromatic nitrogens is 2. The molecule has 0 amide bonds. The van der Waals surface area contributed by atoms with Gasteiger partial charge in [-0.2, -0.15) is 4.98 Å². The fraction of sp³-hybridized carbons (Fsp3) is 0.400. The number of benzene rings is 1. The van der Waals surface area contributed by atoms with Gasteiger partial charge in [-0.3, -0.25) is 9.69 Å². The molecule has 1 atom stereocenters. The summed E-state index contributed by atoms with van der Waals surface area (Å²) in [6.45, 7) is 1.27. The lowest BCUT2D eigenvalue weighted by atomic mass is 10.2. The lowest BCUT2D eigenvalue weighted by Gasteiger charge is -2.18. The maximum Gasteiger partial charge on any atom is 0.320 e. The molecule has 23 heavy (non-hydrogen) atoms. The van der Waals surface area contributed by atoms with Crippen LogP contribution in [0, 0.1) is 0 Å². The molecule has 1 saturated heterocycles. The Bertz CT molecular complexity index is 744. The lowest BCUT2D eigenvalue weighted by molar-refractivity contribution is -0.142. The summed E-state index contributed by atoms with van der Waals surface area (Å²) < 4.78 is 15.9. The first-order valence-corrected chi connectivity index (χ1v) is 7.40. The van der Waals surface area contributed by atoms with Gasteiger partial charge in [-0.1, -0.05) is 5.16 Å². The van der Waals surface area contributed by atoms with Crippen LogP contribution >= 0.6 is 0 Å². The van der Waals surface area contributed by atoms with E-state index < -0.39 is 12.0 Å². The second-order valence-corrected chi connectivity index (χ2v) is 5.55. The molecule has 8 nitrogen and oxygen atoms in total. The van der Waals surface area contributed by atoms with E-state index in [9.17, 15) is 9.90 Å². The summed E-state index contributed by atoms with van der Waals surface area (Å²) in [7, 11) is 0. The van der Waals surface area contributed by atoms with E-state index in [1.54, 1.807) is 12.1 Å². The second-order valence-electron chi connectivity index (χ2n) is 5.55. The van der Waals surface area contributed by atoms with Crippen LogP contribution in [0.15, 0.2) is 22.7 Å². The van der Waals surface area contributed by atoms with Crippen LogP contribution in [-0.4, -0.2) is 45.5 Å². The van der Waals surface area contributed by atoms with Gasteiger partial charge < -0.3 is 19.1 Å². The van der Waals surface area contributed by atoms with Crippen molar-refractivity contribution in [2.24, 2.45) is 0 Å². The van der Waals surface area contributed by atoms with Crippen LogP contribution in [-0.2, 0) is 11.3 Å². The molecule has 8 heteroatoms. The SMILES string of the molecule is O=C(O)[C@@H]1CCCN1Cc1nc(-c2ccc3c(c2)OCO3)no1. The summed E-state index contributed by atoms with van der Waals surface area (Å²) in [5, 5.41) is 13.2. The molecule has 0 aliphatic carbocycles. The minimum Gasteiger partial charge on any atom is -0.480 e. The number of aliphatic carboxylic acids is 1. The van der Waals surface area contributed by atoms with Crippen LogP contribution in [0.5, 0.6) is 11.5 Å². The quantitative estimate of drug-likeness (QED) is 0.906. The van der Waals surface area contributed by atoms with E-state index in [1.165, 1.54) is 0 Å². The van der Waals surface area contributed by atoms with E-state index in [0.717, 1.165) is 18.5 Å². The number of ether oxygens (including phenoxy) is 2. The highest BCUT2D eigenvalue weighted by atomic mass is 16.7. The van der Waals surface area contributed by atoms with Gasteiger partial charge in [-0.15, -0.1) is 0 Å². The predicted molar refractivity (Wildman–Crippen MR) is 76.9 cm³/mol. The van der Waals surface area contributed by atoms with Crippen molar-refractivity contribution in [2.45, 2.75) is 25.4 Å². The maximum absolute atomic E-state index is 11.2. The molecular weight excluding hydrogens is 302 g/mol. The molecule has 1 fully saturated rings. The number of carboxylic acids is 1. The van der Waals surface area contributed by atoms with Gasteiger partial charge in [0.25, 0.3) is 0 Å². The summed E-state index contributed by atoms with van der Waals surface area (Å²) in [5.74, 6) is 1.39. The van der Waals surface area contributed by atoms with Crippen LogP contribution in [0.1, 0.15) is 18.7 Å². The van der Waals surface area contributed by atoms with E-state index in [2.05, 4.69) is 10.1 Å². The summed E-state index contributed by atoms with van der Waals surface area (Å²) in [5.41, 5.74) is 0.764. The van der Waals surface area contributed by atoms with Crippen molar-refractivity contribution in [1.82, 2.24) is 15.0 Å². The van der Waals surface area contributed by atoms with Crippen molar-refractivity contribution in [3.8, 4) is 22.9 Å². The summed E-state index contributed by atoms with van der Waals surface area (Å²) in [4.78, 5) is 17.4. The number of likely N-dealkylation sites (tertiary alicyclic amines) is 1. The van der Waals surface area contributed by atoms with Gasteiger partial charge in [0.15, 0.2) is 11.5 Å². The van der Waals surface area contributed by atoms with Gasteiger partial charge in [0.1, 0.15) is 6.04 Å². The third-order valence-corrected chi connectivity index (χ3v) is 4.09. The van der Waals surface area contributed by atoms with Crippen molar-refractivity contribution in [3.63, 3.8) is 0 Å². The molecule has 0 saturated carbocycles. The normalized spacial score (nSPS) is 20.1. The van der Waals surface area contributed by atoms with Crippen LogP contribution in [0.25, 0.3) is 11.4 Å². The highest BCUT2D eigenvalue weighted by molar-refractivity contribution is 5.73. The van der Waals surface area contributed by atoms with Gasteiger partial charge in [0.2, 0.25) is 18.5 Å². The van der Waals surface area contributed by atoms with Crippen molar-refractivity contribution >= 4 is 5.97 Å². The second kappa shape index (κ2) is 5.54. The first-order chi connectivity index (χ1) is 11.2. The van der Waals surface area contributed by atoms with Gasteiger partial charge in [-0.25, -0.2) is 0 Å². The van der Waals surface area contributed by atoms with Gasteiger partial charge in [-0.05, 0) is 37.6 Å². The fourth-order valence-corrected chi connectivity index (χ4v) is 2.94. The Morgan fingerprint density at radius 1 is 1.35 bits per heavy atom. The predicted octanol–water partition coefficient (Wildman–Crippen LogP) is 1.51. The Morgan fingerprint density at radius 3 is 3.09 bits per heavy atom. The van der Waals surface area contributed by atoms with Gasteiger partial charge in [0, 0.05) is 5.56 Å². The zero-order valence-corrected chi connectivity index (χ0v) is 12.3. The zero-order valence-electron chi connectivity index (χ0n) is 12.3. The van der Waals surface area contributed by atoms with Crippen molar-refractivity contribution in [1.29, 1.82) is 0 Å². The zero-order chi connectivity index (χ0) is 15.8. The third kappa shape index (κ3) is 2.61. The molecule has 120 valence electrons. The van der Waals surface area contributed by atoms with Crippen molar-refractivity contribution in [3.05, 3.63) is 24.1 Å². The summed E-state index contributed by atoms with van der Waals surface area (Å²) in [6, 6.07) is 4.95. The Balaban J connectivity index is 1.52. The number of hydrogen-bond acceptors (Lipinski definition) is 7. The Kier molecular flexibility index (Phi) is 3.38. The van der Waals surface area contributed by atoms with Crippen LogP contribution in [0.2, 0.25) is 0 Å². The molecule has 1 aromatic carbocycles. The average Bonchev–Trinajstić information content (AvgIpc) is 3.26. The Hall–Kier alpha value is -2.61. The number of nitrogens with zero attached hydrogens (tertiary/aromatic N) is 3. The van der Waals surface area contributed by atoms with Crippen LogP contribution in [0.3, 0.4) is 0 Å². The fourth-order valence-electron chi connectivity index (χ4n) is 2.94. The van der Waals surface area contributed by atoms with Crippen molar-refractivity contribution in [2.75, 3.05) is 13.3 Å². The maximum atomic E-state index is 11.2. The van der Waals surface area contributed by atoms with E-state index in [4.69, 9.17) is 14.0 Å². The van der Waals surface area contributed by atoms with Gasteiger partial charge in [0.05, 0.1) is 6.54 Å². The molecule has 0 bridgehead atoms. The molecule has 3 heterocycles. The molecule has 2 aliphatic rings. The molecule has 0 unspecified atom stereocenters. The molecule has 0 radical (unpaired) electrons. The third-order valence-electron chi connectivity index (χ3n) is 4.09. The topological polar surface area (TPSA) is 97.9 Å². The highest BCUT2D eigenvalue weighted by Gasteiger charge is 2.31. The molecule has 1 aromatic heterocycles. The summed E-state index contributed by atoms with van der Waals surface area (Å²) in [6.07, 6.45) is 1.51. The average molecular weight is 317 g/mol. The van der Waals surface area contributed by atoms with Gasteiger partial charge >= 0.3 is 5.97 Å². The van der Waals surface area contributed by atoms with Crippen molar-refractivity contribution < 1.29 is 23.9 Å². The molecule has 1 N–H and O–H groups in total. The minimum atomic E-state index is -0.807. The number of carboxylic acid groups (broad SMARTS) is 1. The van der Waals surface area contributed by atoms with Crippen LogP contribution in [0.4, 0.5) is 0 Å². The largest absolute Gasteiger partial charge is 0.480 e. The monoisotopic (exact) mass is 317 g/mol. The molecule has 2 aliphatic heterocycles. The number of hydrogen-bond donors (Lipinski definition) is 1. The number of fused-ring (bicyclic) bond motifs is 1. The standard InChI is InChI=1S/C15H15N3O5/c19-15(20)10-2-1-5-18(10)7-13-16-14(17-23-13)9-3-4-11-12(6-9)22-8-21-11/h3-4,6,10H,1-2,5,7-8H2,(H,19,20)/t10-/m0/s1. The first-order valence-electron chi connectivity index (χ1n) is 7.40. The molecular formula is C15H15N3O5. The summed E-state index contributed by atoms with van der Waals surface area (Å²) >= 11 is 0. The Morgan fingerprint density at radius 2 is 2.22 bits per heavy atom. The van der Waals surface area contributed by atoms with E-state index in [0.29, 0.717) is 36.2 Å². The smallest absolute Gasteiger partial charge is 0.320 e. The van der Waals surface area contributed by atoms with E-state index in [-0.39, 0.29) is 6.79 Å². The number of rotatable bonds is 4. The minimum absolute atomic E-state index is 0.210. The lowest BCUT2D eigenvalue weighted by Crippen LogP contribution is -2.35. The first kappa shape index (κ1) is 14.0. The van der Waals surface area contributed by atoms with Crippen LogP contribution < -0.4 is 9.47 Å². The molecule has 0 spiro atoms. The Labute approximate surface area is 131 Å². The highest BCUT2D eigenvalue weighted by Crippen LogP contribution is 2.35. The van der Waals surface area contributed by atoms with E-state index in [1.807, 2.05) is 11.0 Å². The molecule has 2 aromatic rings. The van der Waals surface area contributed by atoms with E-state index >= 15 is 0 Å². The molecule has 4 rings (SSSR count).